The maximum absolute atomic E-state index is 13.2. The average molecular weight is 301 g/mol. The zero-order valence-corrected chi connectivity index (χ0v) is 11.2. The Kier molecular flexibility index (Phi) is 3.62. The molecule has 1 spiro atoms. The molecule has 4 nitrogen and oxygen atoms in total. The summed E-state index contributed by atoms with van der Waals surface area (Å²) >= 11 is 0. The number of piperidine rings is 1. The molecule has 114 valence electrons. The number of carbonyl (C=O) groups is 1. The van der Waals surface area contributed by atoms with Crippen LogP contribution in [0, 0.1) is 17.5 Å². The van der Waals surface area contributed by atoms with E-state index in [4.69, 9.17) is 9.47 Å². The fourth-order valence-corrected chi connectivity index (χ4v) is 2.76. The number of ether oxygens (including phenoxy) is 2. The summed E-state index contributed by atoms with van der Waals surface area (Å²) in [5, 5.41) is 0. The smallest absolute Gasteiger partial charge is 0.254 e. The zero-order valence-electron chi connectivity index (χ0n) is 11.2. The summed E-state index contributed by atoms with van der Waals surface area (Å²) in [7, 11) is 0. The molecule has 1 aromatic rings. The molecule has 2 saturated heterocycles. The van der Waals surface area contributed by atoms with Crippen LogP contribution in [0.2, 0.25) is 0 Å². The highest BCUT2D eigenvalue weighted by Crippen LogP contribution is 2.31. The molecule has 2 heterocycles. The number of hydrogen-bond donors (Lipinski definition) is 0. The summed E-state index contributed by atoms with van der Waals surface area (Å²) < 4.78 is 50.5. The Balaban J connectivity index is 1.81. The lowest BCUT2D eigenvalue weighted by atomic mass is 10.0. The van der Waals surface area contributed by atoms with Crippen LogP contribution < -0.4 is 0 Å². The van der Waals surface area contributed by atoms with Crippen molar-refractivity contribution in [2.45, 2.75) is 18.6 Å². The van der Waals surface area contributed by atoms with E-state index in [0.29, 0.717) is 44.7 Å². The Morgan fingerprint density at radius 1 is 1.14 bits per heavy atom. The van der Waals surface area contributed by atoms with Crippen LogP contribution in [-0.4, -0.2) is 42.9 Å². The third-order valence-electron chi connectivity index (χ3n) is 3.75. The monoisotopic (exact) mass is 301 g/mol. The molecule has 0 aromatic heterocycles. The number of carbonyl (C=O) groups excluding carboxylic acids is 1. The van der Waals surface area contributed by atoms with Crippen LogP contribution in [0.4, 0.5) is 13.2 Å². The highest BCUT2D eigenvalue weighted by molar-refractivity contribution is 5.94. The van der Waals surface area contributed by atoms with Crippen LogP contribution in [-0.2, 0) is 9.47 Å². The van der Waals surface area contributed by atoms with E-state index in [2.05, 4.69) is 0 Å². The van der Waals surface area contributed by atoms with Gasteiger partial charge < -0.3 is 14.4 Å². The Morgan fingerprint density at radius 3 is 2.38 bits per heavy atom. The normalized spacial score (nSPS) is 21.0. The summed E-state index contributed by atoms with van der Waals surface area (Å²) in [6.45, 7) is 1.56. The van der Waals surface area contributed by atoms with Gasteiger partial charge in [-0.05, 0) is 18.6 Å². The van der Waals surface area contributed by atoms with Crippen LogP contribution in [0.5, 0.6) is 0 Å². The van der Waals surface area contributed by atoms with Crippen LogP contribution in [0.1, 0.15) is 23.2 Å². The van der Waals surface area contributed by atoms with Gasteiger partial charge in [-0.3, -0.25) is 4.79 Å². The minimum Gasteiger partial charge on any atom is -0.346 e. The zero-order chi connectivity index (χ0) is 15.0. The minimum atomic E-state index is -1.58. The van der Waals surface area contributed by atoms with Crippen molar-refractivity contribution in [2.75, 3.05) is 26.3 Å². The summed E-state index contributed by atoms with van der Waals surface area (Å²) in [6.07, 6.45) is 1.33. The molecule has 7 heteroatoms. The van der Waals surface area contributed by atoms with Gasteiger partial charge in [0, 0.05) is 18.5 Å². The Bertz CT molecular complexity index is 550. The van der Waals surface area contributed by atoms with Crippen LogP contribution in [0.15, 0.2) is 12.1 Å². The average Bonchev–Trinajstić information content (AvgIpc) is 2.91. The molecule has 0 N–H and O–H groups in total. The molecule has 1 aromatic carbocycles. The lowest BCUT2D eigenvalue weighted by Gasteiger charge is -2.38. The number of halogens is 3. The lowest BCUT2D eigenvalue weighted by molar-refractivity contribution is -0.183. The van der Waals surface area contributed by atoms with Crippen molar-refractivity contribution in [3.05, 3.63) is 35.1 Å². The molecule has 0 radical (unpaired) electrons. The van der Waals surface area contributed by atoms with E-state index in [9.17, 15) is 18.0 Å². The van der Waals surface area contributed by atoms with Crippen molar-refractivity contribution < 1.29 is 27.4 Å². The molecule has 0 atom stereocenters. The second-order valence-electron chi connectivity index (χ2n) is 5.19. The topological polar surface area (TPSA) is 38.8 Å². The first-order valence-electron chi connectivity index (χ1n) is 6.72. The molecule has 21 heavy (non-hydrogen) atoms. The highest BCUT2D eigenvalue weighted by Gasteiger charge is 2.42. The second kappa shape index (κ2) is 5.31. The number of benzene rings is 1. The predicted molar refractivity (Wildman–Crippen MR) is 66.1 cm³/mol. The fourth-order valence-electron chi connectivity index (χ4n) is 2.76. The van der Waals surface area contributed by atoms with E-state index >= 15 is 0 Å². The summed E-state index contributed by atoms with van der Waals surface area (Å²) in [5.74, 6) is -5.71. The molecule has 2 fully saturated rings. The van der Waals surface area contributed by atoms with Crippen LogP contribution >= 0.6 is 0 Å². The standard InChI is InChI=1S/C14H14F3NO3/c15-10-6-9(7-11(16)12(10)17)13(19)18-3-1-2-14(8-18)20-4-5-21-14/h6-7H,1-5,8H2. The first-order chi connectivity index (χ1) is 10.0. The molecule has 0 bridgehead atoms. The molecule has 0 aliphatic carbocycles. The van der Waals surface area contributed by atoms with E-state index in [-0.39, 0.29) is 12.1 Å². The van der Waals surface area contributed by atoms with E-state index in [1.165, 1.54) is 4.90 Å². The van der Waals surface area contributed by atoms with E-state index in [0.717, 1.165) is 0 Å². The largest absolute Gasteiger partial charge is 0.346 e. The van der Waals surface area contributed by atoms with E-state index in [1.54, 1.807) is 0 Å². The minimum absolute atomic E-state index is 0.201. The van der Waals surface area contributed by atoms with E-state index in [1.807, 2.05) is 0 Å². The molecule has 2 aliphatic heterocycles. The van der Waals surface area contributed by atoms with Gasteiger partial charge in [0.15, 0.2) is 23.2 Å². The van der Waals surface area contributed by atoms with E-state index < -0.39 is 29.1 Å². The van der Waals surface area contributed by atoms with Crippen LogP contribution in [0.25, 0.3) is 0 Å². The molecule has 0 unspecified atom stereocenters. The Morgan fingerprint density at radius 2 is 1.76 bits per heavy atom. The van der Waals surface area contributed by atoms with Gasteiger partial charge >= 0.3 is 0 Å². The summed E-state index contributed by atoms with van der Waals surface area (Å²) in [4.78, 5) is 13.7. The SMILES string of the molecule is O=C(c1cc(F)c(F)c(F)c1)N1CCCC2(C1)OCCO2. The Labute approximate surface area is 119 Å². The van der Waals surface area contributed by atoms with Gasteiger partial charge in [0.25, 0.3) is 5.91 Å². The molecule has 2 aliphatic rings. The van der Waals surface area contributed by atoms with Gasteiger partial charge in [-0.25, -0.2) is 13.2 Å². The number of hydrogen-bond acceptors (Lipinski definition) is 3. The quantitative estimate of drug-likeness (QED) is 0.746. The third kappa shape index (κ3) is 2.63. The molecule has 3 rings (SSSR count). The van der Waals surface area contributed by atoms with Crippen molar-refractivity contribution in [3.63, 3.8) is 0 Å². The van der Waals surface area contributed by atoms with Gasteiger partial charge in [0.2, 0.25) is 0 Å². The molecule has 1 amide bonds. The number of rotatable bonds is 1. The van der Waals surface area contributed by atoms with Gasteiger partial charge in [-0.2, -0.15) is 0 Å². The van der Waals surface area contributed by atoms with Crippen molar-refractivity contribution in [2.24, 2.45) is 0 Å². The van der Waals surface area contributed by atoms with Crippen molar-refractivity contribution in [1.82, 2.24) is 4.90 Å². The van der Waals surface area contributed by atoms with Crippen molar-refractivity contribution in [1.29, 1.82) is 0 Å². The number of nitrogens with zero attached hydrogens (tertiary/aromatic N) is 1. The summed E-state index contributed by atoms with van der Waals surface area (Å²) in [5.41, 5.74) is -0.221. The molecular formula is C14H14F3NO3. The van der Waals surface area contributed by atoms with Gasteiger partial charge in [0.05, 0.1) is 19.8 Å². The lowest BCUT2D eigenvalue weighted by Crippen LogP contribution is -2.51. The fraction of sp³-hybridized carbons (Fsp3) is 0.500. The maximum atomic E-state index is 13.2. The first kappa shape index (κ1) is 14.3. The first-order valence-corrected chi connectivity index (χ1v) is 6.72. The van der Waals surface area contributed by atoms with Crippen LogP contribution in [0.3, 0.4) is 0 Å². The van der Waals surface area contributed by atoms with Gasteiger partial charge in [0.1, 0.15) is 0 Å². The molecule has 0 saturated carbocycles. The third-order valence-corrected chi connectivity index (χ3v) is 3.75. The highest BCUT2D eigenvalue weighted by atomic mass is 19.2. The number of amides is 1. The predicted octanol–water partition coefficient (Wildman–Crippen LogP) is 2.08. The van der Waals surface area contributed by atoms with Crippen molar-refractivity contribution >= 4 is 5.91 Å². The van der Waals surface area contributed by atoms with Gasteiger partial charge in [-0.15, -0.1) is 0 Å². The van der Waals surface area contributed by atoms with Crippen molar-refractivity contribution in [3.8, 4) is 0 Å². The van der Waals surface area contributed by atoms with Gasteiger partial charge in [-0.1, -0.05) is 0 Å². The molecular weight excluding hydrogens is 287 g/mol. The maximum Gasteiger partial charge on any atom is 0.254 e. The summed E-state index contributed by atoms with van der Waals surface area (Å²) in [6, 6.07) is 1.41. The number of likely N-dealkylation sites (tertiary alicyclic amines) is 1. The second-order valence-corrected chi connectivity index (χ2v) is 5.19. The Hall–Kier alpha value is -1.60.